The third-order valence-electron chi connectivity index (χ3n) is 4.22. The molecule has 0 bridgehead atoms. The summed E-state index contributed by atoms with van der Waals surface area (Å²) in [5.41, 5.74) is 1.83. The minimum absolute atomic E-state index is 0.152. The van der Waals surface area contributed by atoms with E-state index in [-0.39, 0.29) is 12.6 Å². The molecule has 0 radical (unpaired) electrons. The van der Waals surface area contributed by atoms with E-state index in [1.807, 2.05) is 24.3 Å². The molecule has 0 spiro atoms. The standard InChI is InChI=1S/C21H20N6O4/c1-13(2)30-21(28)16-8-4-6-14(10-16)20-23-26-27(24-20)12-18-22-19(25-31-18)15-7-5-9-17(11-15)29-3/h4-11,13H,12H2,1-3H3. The van der Waals surface area contributed by atoms with Gasteiger partial charge in [-0.3, -0.25) is 0 Å². The van der Waals surface area contributed by atoms with Crippen LogP contribution in [-0.4, -0.2) is 49.5 Å². The van der Waals surface area contributed by atoms with Gasteiger partial charge in [0.1, 0.15) is 12.3 Å². The lowest BCUT2D eigenvalue weighted by atomic mass is 10.1. The van der Waals surface area contributed by atoms with E-state index >= 15 is 0 Å². The first-order valence-corrected chi connectivity index (χ1v) is 9.58. The van der Waals surface area contributed by atoms with E-state index in [0.29, 0.717) is 34.4 Å². The lowest BCUT2D eigenvalue weighted by molar-refractivity contribution is 0.0378. The van der Waals surface area contributed by atoms with Gasteiger partial charge in [-0.2, -0.15) is 9.78 Å². The second-order valence-electron chi connectivity index (χ2n) is 6.92. The number of carbonyl (C=O) groups excluding carboxylic acids is 1. The second-order valence-corrected chi connectivity index (χ2v) is 6.92. The van der Waals surface area contributed by atoms with Gasteiger partial charge in [0.2, 0.25) is 11.6 Å². The SMILES string of the molecule is COc1cccc(-c2noc(Cn3nnc(-c4cccc(C(=O)OC(C)C)c4)n3)n2)c1. The van der Waals surface area contributed by atoms with Crippen LogP contribution in [0.1, 0.15) is 30.1 Å². The van der Waals surface area contributed by atoms with Crippen molar-refractivity contribution >= 4 is 5.97 Å². The van der Waals surface area contributed by atoms with Crippen molar-refractivity contribution in [1.29, 1.82) is 0 Å². The predicted molar refractivity (Wildman–Crippen MR) is 109 cm³/mol. The number of nitrogens with zero attached hydrogens (tertiary/aromatic N) is 6. The summed E-state index contributed by atoms with van der Waals surface area (Å²) in [5, 5.41) is 16.4. The van der Waals surface area contributed by atoms with E-state index in [0.717, 1.165) is 5.56 Å². The van der Waals surface area contributed by atoms with Gasteiger partial charge in [0.05, 0.1) is 18.8 Å². The van der Waals surface area contributed by atoms with Crippen LogP contribution in [0.15, 0.2) is 53.1 Å². The first-order chi connectivity index (χ1) is 15.0. The summed E-state index contributed by atoms with van der Waals surface area (Å²) in [4.78, 5) is 17.8. The Morgan fingerprint density at radius 1 is 1.10 bits per heavy atom. The van der Waals surface area contributed by atoms with Crippen LogP contribution in [0.5, 0.6) is 5.75 Å². The first-order valence-electron chi connectivity index (χ1n) is 9.58. The van der Waals surface area contributed by atoms with E-state index in [1.165, 1.54) is 4.80 Å². The predicted octanol–water partition coefficient (Wildman–Crippen LogP) is 3.01. The van der Waals surface area contributed by atoms with E-state index in [9.17, 15) is 4.79 Å². The molecule has 0 aliphatic carbocycles. The van der Waals surface area contributed by atoms with E-state index in [4.69, 9.17) is 14.0 Å². The quantitative estimate of drug-likeness (QED) is 0.416. The van der Waals surface area contributed by atoms with Crippen molar-refractivity contribution in [3.05, 3.63) is 60.0 Å². The fourth-order valence-electron chi connectivity index (χ4n) is 2.81. The van der Waals surface area contributed by atoms with Crippen LogP contribution in [0.3, 0.4) is 0 Å². The van der Waals surface area contributed by atoms with Crippen molar-refractivity contribution in [2.24, 2.45) is 0 Å². The minimum atomic E-state index is -0.403. The number of hydrogen-bond donors (Lipinski definition) is 0. The summed E-state index contributed by atoms with van der Waals surface area (Å²) in [6, 6.07) is 14.2. The summed E-state index contributed by atoms with van der Waals surface area (Å²) in [6.45, 7) is 3.75. The molecule has 2 aromatic carbocycles. The number of carbonyl (C=O) groups is 1. The highest BCUT2D eigenvalue weighted by molar-refractivity contribution is 5.90. The zero-order valence-electron chi connectivity index (χ0n) is 17.2. The molecule has 4 rings (SSSR count). The Balaban J connectivity index is 1.49. The third kappa shape index (κ3) is 4.74. The van der Waals surface area contributed by atoms with Crippen molar-refractivity contribution in [1.82, 2.24) is 30.3 Å². The molecule has 0 unspecified atom stereocenters. The van der Waals surface area contributed by atoms with Gasteiger partial charge in [-0.05, 0) is 43.3 Å². The highest BCUT2D eigenvalue weighted by Crippen LogP contribution is 2.21. The van der Waals surface area contributed by atoms with Crippen molar-refractivity contribution < 1.29 is 18.8 Å². The first kappa shape index (κ1) is 20.2. The molecule has 2 aromatic heterocycles. The number of aromatic nitrogens is 6. The Kier molecular flexibility index (Phi) is 5.69. The zero-order valence-corrected chi connectivity index (χ0v) is 17.2. The van der Waals surface area contributed by atoms with Crippen molar-refractivity contribution in [2.45, 2.75) is 26.5 Å². The lowest BCUT2D eigenvalue weighted by Crippen LogP contribution is -2.11. The van der Waals surface area contributed by atoms with E-state index in [1.54, 1.807) is 45.2 Å². The third-order valence-corrected chi connectivity index (χ3v) is 4.22. The van der Waals surface area contributed by atoms with E-state index in [2.05, 4.69) is 25.6 Å². The number of benzene rings is 2. The van der Waals surface area contributed by atoms with Gasteiger partial charge < -0.3 is 14.0 Å². The molecular formula is C21H20N6O4. The summed E-state index contributed by atoms with van der Waals surface area (Å²) in [5.74, 6) is 1.43. The van der Waals surface area contributed by atoms with Crippen LogP contribution in [0.2, 0.25) is 0 Å². The molecule has 0 aliphatic heterocycles. The fraction of sp³-hybridized carbons (Fsp3) is 0.238. The maximum Gasteiger partial charge on any atom is 0.338 e. The molecule has 0 aliphatic rings. The smallest absolute Gasteiger partial charge is 0.338 e. The fourth-order valence-corrected chi connectivity index (χ4v) is 2.81. The molecule has 0 N–H and O–H groups in total. The highest BCUT2D eigenvalue weighted by atomic mass is 16.5. The molecule has 10 heteroatoms. The number of rotatable bonds is 7. The lowest BCUT2D eigenvalue weighted by Gasteiger charge is -2.08. The average Bonchev–Trinajstić information content (AvgIpc) is 3.44. The molecule has 2 heterocycles. The van der Waals surface area contributed by atoms with Crippen molar-refractivity contribution in [2.75, 3.05) is 7.11 Å². The molecule has 0 amide bonds. The molecule has 0 fully saturated rings. The van der Waals surface area contributed by atoms with Crippen LogP contribution < -0.4 is 4.74 Å². The molecule has 0 atom stereocenters. The summed E-state index contributed by atoms with van der Waals surface area (Å²) < 4.78 is 15.8. The van der Waals surface area contributed by atoms with Crippen LogP contribution in [0.4, 0.5) is 0 Å². The largest absolute Gasteiger partial charge is 0.497 e. The Bertz CT molecular complexity index is 1200. The maximum absolute atomic E-state index is 12.1. The summed E-state index contributed by atoms with van der Waals surface area (Å²) >= 11 is 0. The number of hydrogen-bond acceptors (Lipinski definition) is 9. The Morgan fingerprint density at radius 3 is 2.65 bits per heavy atom. The number of methoxy groups -OCH3 is 1. The van der Waals surface area contributed by atoms with Crippen LogP contribution in [0.25, 0.3) is 22.8 Å². The average molecular weight is 420 g/mol. The van der Waals surface area contributed by atoms with Crippen LogP contribution in [0, 0.1) is 0 Å². The summed E-state index contributed by atoms with van der Waals surface area (Å²) in [7, 11) is 1.59. The monoisotopic (exact) mass is 420 g/mol. The molecular weight excluding hydrogens is 400 g/mol. The van der Waals surface area contributed by atoms with Gasteiger partial charge in [0, 0.05) is 11.1 Å². The van der Waals surface area contributed by atoms with Gasteiger partial charge in [0.25, 0.3) is 5.89 Å². The van der Waals surface area contributed by atoms with Crippen molar-refractivity contribution in [3.63, 3.8) is 0 Å². The van der Waals surface area contributed by atoms with Gasteiger partial charge in [0.15, 0.2) is 0 Å². The molecule has 4 aromatic rings. The Morgan fingerprint density at radius 2 is 1.87 bits per heavy atom. The minimum Gasteiger partial charge on any atom is -0.497 e. The summed E-state index contributed by atoms with van der Waals surface area (Å²) in [6.07, 6.45) is -0.202. The van der Waals surface area contributed by atoms with Gasteiger partial charge in [-0.15, -0.1) is 10.2 Å². The van der Waals surface area contributed by atoms with Crippen LogP contribution >= 0.6 is 0 Å². The topological polar surface area (TPSA) is 118 Å². The molecule has 158 valence electrons. The molecule has 31 heavy (non-hydrogen) atoms. The maximum atomic E-state index is 12.1. The highest BCUT2D eigenvalue weighted by Gasteiger charge is 2.15. The van der Waals surface area contributed by atoms with Gasteiger partial charge >= 0.3 is 5.97 Å². The number of esters is 1. The Labute approximate surface area is 177 Å². The number of tetrazole rings is 1. The zero-order chi connectivity index (χ0) is 21.8. The Hall–Kier alpha value is -4.08. The second kappa shape index (κ2) is 8.74. The van der Waals surface area contributed by atoms with Gasteiger partial charge in [-0.1, -0.05) is 29.4 Å². The van der Waals surface area contributed by atoms with Crippen molar-refractivity contribution in [3.8, 4) is 28.5 Å². The molecule has 0 saturated heterocycles. The number of ether oxygens (including phenoxy) is 2. The van der Waals surface area contributed by atoms with Gasteiger partial charge in [-0.25, -0.2) is 4.79 Å². The molecule has 0 saturated carbocycles. The van der Waals surface area contributed by atoms with E-state index < -0.39 is 5.97 Å². The molecule has 10 nitrogen and oxygen atoms in total. The normalized spacial score (nSPS) is 11.0. The van der Waals surface area contributed by atoms with Crippen LogP contribution in [-0.2, 0) is 11.3 Å².